The Morgan fingerprint density at radius 1 is 1.35 bits per heavy atom. The second kappa shape index (κ2) is 7.75. The molecule has 0 radical (unpaired) electrons. The summed E-state index contributed by atoms with van der Waals surface area (Å²) in [6.45, 7) is 1.78. The molecule has 1 N–H and O–H groups in total. The Morgan fingerprint density at radius 3 is 2.50 bits per heavy atom. The molecule has 0 unspecified atom stereocenters. The number of halogens is 1. The third-order valence-corrected chi connectivity index (χ3v) is 4.82. The highest BCUT2D eigenvalue weighted by atomic mass is 79.9. The van der Waals surface area contributed by atoms with Gasteiger partial charge < -0.3 is 4.74 Å². The molecule has 7 heteroatoms. The van der Waals surface area contributed by atoms with E-state index in [4.69, 9.17) is 0 Å². The molecule has 0 aromatic heterocycles. The molecule has 0 amide bonds. The fourth-order valence-corrected chi connectivity index (χ4v) is 3.24. The van der Waals surface area contributed by atoms with Crippen molar-refractivity contribution in [2.75, 3.05) is 12.9 Å². The molecule has 0 saturated heterocycles. The van der Waals surface area contributed by atoms with Crippen LogP contribution in [0.2, 0.25) is 0 Å². The van der Waals surface area contributed by atoms with Gasteiger partial charge in [0.15, 0.2) is 0 Å². The number of esters is 1. The number of rotatable bonds is 7. The summed E-state index contributed by atoms with van der Waals surface area (Å²) in [7, 11) is -2.13. The fourth-order valence-electron chi connectivity index (χ4n) is 1.66. The average molecular weight is 364 g/mol. The van der Waals surface area contributed by atoms with Crippen LogP contribution in [0.5, 0.6) is 0 Å². The highest BCUT2D eigenvalue weighted by Crippen LogP contribution is 2.17. The fraction of sp³-hybridized carbons (Fsp3) is 0.462. The van der Waals surface area contributed by atoms with E-state index in [2.05, 4.69) is 25.4 Å². The predicted molar refractivity (Wildman–Crippen MR) is 80.7 cm³/mol. The van der Waals surface area contributed by atoms with Gasteiger partial charge in [-0.25, -0.2) is 13.1 Å². The van der Waals surface area contributed by atoms with Gasteiger partial charge in [0.2, 0.25) is 10.0 Å². The number of hydrogen-bond donors (Lipinski definition) is 1. The molecular weight excluding hydrogens is 346 g/mol. The third-order valence-electron chi connectivity index (χ3n) is 2.75. The highest BCUT2D eigenvalue weighted by molar-refractivity contribution is 9.10. The number of sulfonamides is 1. The summed E-state index contributed by atoms with van der Waals surface area (Å²) in [6, 6.07) is 7.11. The van der Waals surface area contributed by atoms with Gasteiger partial charge in [0.1, 0.15) is 0 Å². The zero-order valence-electron chi connectivity index (χ0n) is 11.4. The topological polar surface area (TPSA) is 72.5 Å². The number of benzene rings is 1. The van der Waals surface area contributed by atoms with Crippen LogP contribution < -0.4 is 4.72 Å². The maximum atomic E-state index is 11.9. The standard InChI is InChI=1S/C13H18BrNO4S/c1-10(11-5-7-12(14)8-6-11)15-20(17,18)9-3-4-13(16)19-2/h5-8,10,15H,3-4,9H2,1-2H3/t10-/m0/s1. The SMILES string of the molecule is COC(=O)CCCS(=O)(=O)N[C@@H](C)c1ccc(Br)cc1. The number of carbonyl (C=O) groups is 1. The minimum atomic E-state index is -3.41. The lowest BCUT2D eigenvalue weighted by Gasteiger charge is -2.14. The summed E-state index contributed by atoms with van der Waals surface area (Å²) in [4.78, 5) is 10.9. The van der Waals surface area contributed by atoms with Crippen LogP contribution >= 0.6 is 15.9 Å². The molecule has 20 heavy (non-hydrogen) atoms. The third kappa shape index (κ3) is 6.02. The van der Waals surface area contributed by atoms with Crippen LogP contribution in [0, 0.1) is 0 Å². The summed E-state index contributed by atoms with van der Waals surface area (Å²) in [6.07, 6.45) is 0.346. The van der Waals surface area contributed by atoms with Gasteiger partial charge in [-0.05, 0) is 31.0 Å². The molecule has 0 heterocycles. The van der Waals surface area contributed by atoms with E-state index in [1.807, 2.05) is 24.3 Å². The molecule has 0 aliphatic rings. The first-order valence-corrected chi connectivity index (χ1v) is 8.61. The number of nitrogens with one attached hydrogen (secondary N) is 1. The number of carbonyl (C=O) groups excluding carboxylic acids is 1. The maximum Gasteiger partial charge on any atom is 0.305 e. The van der Waals surface area contributed by atoms with Crippen LogP contribution in [-0.2, 0) is 19.6 Å². The molecule has 0 saturated carbocycles. The van der Waals surface area contributed by atoms with Crippen molar-refractivity contribution in [3.8, 4) is 0 Å². The van der Waals surface area contributed by atoms with Gasteiger partial charge in [-0.3, -0.25) is 4.79 Å². The second-order valence-electron chi connectivity index (χ2n) is 4.39. The van der Waals surface area contributed by atoms with Crippen molar-refractivity contribution in [1.29, 1.82) is 0 Å². The Kier molecular flexibility index (Phi) is 6.64. The summed E-state index contributed by atoms with van der Waals surface area (Å²) in [5, 5.41) is 0. The summed E-state index contributed by atoms with van der Waals surface area (Å²) < 4.78 is 31.8. The molecule has 1 rings (SSSR count). The van der Waals surface area contributed by atoms with Gasteiger partial charge in [0, 0.05) is 16.9 Å². The van der Waals surface area contributed by atoms with Crippen molar-refractivity contribution >= 4 is 31.9 Å². The zero-order chi connectivity index (χ0) is 15.2. The number of hydrogen-bond acceptors (Lipinski definition) is 4. The summed E-state index contributed by atoms with van der Waals surface area (Å²) in [5.74, 6) is -0.496. The van der Waals surface area contributed by atoms with Gasteiger partial charge in [0.25, 0.3) is 0 Å². The molecular formula is C13H18BrNO4S. The Bertz CT molecular complexity index is 542. The molecule has 5 nitrogen and oxygen atoms in total. The van der Waals surface area contributed by atoms with Crippen molar-refractivity contribution in [3.05, 3.63) is 34.3 Å². The molecule has 112 valence electrons. The van der Waals surface area contributed by atoms with E-state index in [1.54, 1.807) is 6.92 Å². The van der Waals surface area contributed by atoms with E-state index in [1.165, 1.54) is 7.11 Å². The highest BCUT2D eigenvalue weighted by Gasteiger charge is 2.16. The minimum absolute atomic E-state index is 0.0943. The molecule has 0 aliphatic carbocycles. The van der Waals surface area contributed by atoms with Gasteiger partial charge in [-0.2, -0.15) is 0 Å². The van der Waals surface area contributed by atoms with E-state index in [-0.39, 0.29) is 24.6 Å². The van der Waals surface area contributed by atoms with Gasteiger partial charge in [0.05, 0.1) is 12.9 Å². The van der Waals surface area contributed by atoms with E-state index in [9.17, 15) is 13.2 Å². The Hall–Kier alpha value is -0.920. The molecule has 1 aromatic rings. The molecule has 0 bridgehead atoms. The summed E-state index contributed by atoms with van der Waals surface area (Å²) in [5.41, 5.74) is 0.879. The lowest BCUT2D eigenvalue weighted by molar-refractivity contribution is -0.140. The van der Waals surface area contributed by atoms with E-state index in [0.717, 1.165) is 10.0 Å². The van der Waals surface area contributed by atoms with Crippen LogP contribution in [0.25, 0.3) is 0 Å². The van der Waals surface area contributed by atoms with Crippen LogP contribution in [0.3, 0.4) is 0 Å². The Balaban J connectivity index is 2.53. The number of ether oxygens (including phenoxy) is 1. The van der Waals surface area contributed by atoms with Crippen molar-refractivity contribution in [1.82, 2.24) is 4.72 Å². The first kappa shape index (κ1) is 17.1. The quantitative estimate of drug-likeness (QED) is 0.754. The minimum Gasteiger partial charge on any atom is -0.469 e. The van der Waals surface area contributed by atoms with E-state index < -0.39 is 16.0 Å². The smallest absolute Gasteiger partial charge is 0.305 e. The molecule has 0 spiro atoms. The monoisotopic (exact) mass is 363 g/mol. The van der Waals surface area contributed by atoms with Crippen molar-refractivity contribution in [3.63, 3.8) is 0 Å². The summed E-state index contributed by atoms with van der Waals surface area (Å²) >= 11 is 3.33. The Labute approximate surface area is 127 Å². The van der Waals surface area contributed by atoms with Gasteiger partial charge in [-0.1, -0.05) is 28.1 Å². The van der Waals surface area contributed by atoms with Crippen LogP contribution in [0.4, 0.5) is 0 Å². The second-order valence-corrected chi connectivity index (χ2v) is 7.18. The molecule has 0 aliphatic heterocycles. The average Bonchev–Trinajstić information content (AvgIpc) is 2.38. The molecule has 0 fully saturated rings. The molecule has 1 atom stereocenters. The normalized spacial score (nSPS) is 12.9. The van der Waals surface area contributed by atoms with E-state index in [0.29, 0.717) is 0 Å². The predicted octanol–water partition coefficient (Wildman–Crippen LogP) is 2.38. The van der Waals surface area contributed by atoms with Gasteiger partial charge in [-0.15, -0.1) is 0 Å². The maximum absolute atomic E-state index is 11.9. The van der Waals surface area contributed by atoms with Crippen LogP contribution in [0.1, 0.15) is 31.4 Å². The largest absolute Gasteiger partial charge is 0.469 e. The lowest BCUT2D eigenvalue weighted by atomic mass is 10.1. The zero-order valence-corrected chi connectivity index (χ0v) is 13.8. The lowest BCUT2D eigenvalue weighted by Crippen LogP contribution is -2.29. The van der Waals surface area contributed by atoms with Crippen molar-refractivity contribution in [2.24, 2.45) is 0 Å². The van der Waals surface area contributed by atoms with Gasteiger partial charge >= 0.3 is 5.97 Å². The first-order chi connectivity index (χ1) is 9.34. The van der Waals surface area contributed by atoms with E-state index >= 15 is 0 Å². The van der Waals surface area contributed by atoms with Crippen molar-refractivity contribution < 1.29 is 17.9 Å². The van der Waals surface area contributed by atoms with Crippen molar-refractivity contribution in [2.45, 2.75) is 25.8 Å². The Morgan fingerprint density at radius 2 is 1.95 bits per heavy atom. The molecule has 1 aromatic carbocycles. The van der Waals surface area contributed by atoms with Crippen LogP contribution in [0.15, 0.2) is 28.7 Å². The number of methoxy groups -OCH3 is 1. The van der Waals surface area contributed by atoms with Crippen LogP contribution in [-0.4, -0.2) is 27.2 Å². The first-order valence-electron chi connectivity index (χ1n) is 6.16.